The smallest absolute Gasteiger partial charge is 0.242 e. The number of carbonyl (C=O) groups excluding carboxylic acids is 1. The molecule has 1 unspecified atom stereocenters. The van der Waals surface area contributed by atoms with Crippen molar-refractivity contribution in [3.63, 3.8) is 0 Å². The highest BCUT2D eigenvalue weighted by atomic mass is 16.2. The van der Waals surface area contributed by atoms with E-state index >= 15 is 0 Å². The summed E-state index contributed by atoms with van der Waals surface area (Å²) in [6, 6.07) is -0.0934. The van der Waals surface area contributed by atoms with Gasteiger partial charge in [0.05, 0.1) is 0 Å². The molecular weight excluding hydrogens is 252 g/mol. The summed E-state index contributed by atoms with van der Waals surface area (Å²) in [6.07, 6.45) is 5.30. The minimum absolute atomic E-state index is 0.0934. The third-order valence-electron chi connectivity index (χ3n) is 4.26. The zero-order valence-corrected chi connectivity index (χ0v) is 12.3. The average molecular weight is 274 g/mol. The van der Waals surface area contributed by atoms with Gasteiger partial charge < -0.3 is 10.2 Å². The number of nitrogens with zero attached hydrogens (tertiary/aromatic N) is 3. The fraction of sp³-hybridized carbons (Fsp3) is 0.667. The summed E-state index contributed by atoms with van der Waals surface area (Å²) in [6.45, 7) is 5.55. The van der Waals surface area contributed by atoms with Crippen molar-refractivity contribution in [1.82, 2.24) is 15.3 Å². The molecule has 20 heavy (non-hydrogen) atoms. The molecule has 5 nitrogen and oxygen atoms in total. The molecule has 1 aromatic heterocycles. The Kier molecular flexibility index (Phi) is 3.59. The number of aromatic nitrogens is 2. The number of carbonyl (C=O) groups is 1. The zero-order chi connectivity index (χ0) is 14.1. The van der Waals surface area contributed by atoms with Crippen LogP contribution < -0.4 is 10.2 Å². The second-order valence-electron chi connectivity index (χ2n) is 5.64. The Balaban J connectivity index is 2.04. The summed E-state index contributed by atoms with van der Waals surface area (Å²) >= 11 is 0. The Morgan fingerprint density at radius 1 is 1.30 bits per heavy atom. The first-order valence-corrected chi connectivity index (χ1v) is 7.61. The van der Waals surface area contributed by atoms with Crippen molar-refractivity contribution in [3.8, 4) is 0 Å². The highest BCUT2D eigenvalue weighted by Crippen LogP contribution is 2.30. The van der Waals surface area contributed by atoms with Crippen molar-refractivity contribution >= 4 is 11.7 Å². The first kappa shape index (κ1) is 13.3. The van der Waals surface area contributed by atoms with Crippen molar-refractivity contribution in [2.24, 2.45) is 0 Å². The minimum atomic E-state index is -0.0934. The predicted octanol–water partition coefficient (Wildman–Crippen LogP) is 1.38. The van der Waals surface area contributed by atoms with E-state index in [1.54, 1.807) is 0 Å². The van der Waals surface area contributed by atoms with Crippen molar-refractivity contribution in [2.45, 2.75) is 52.0 Å². The highest BCUT2D eigenvalue weighted by Gasteiger charge is 2.31. The van der Waals surface area contributed by atoms with Crippen LogP contribution in [-0.4, -0.2) is 35.0 Å². The average Bonchev–Trinajstić information content (AvgIpc) is 2.46. The monoisotopic (exact) mass is 274 g/mol. The Bertz CT molecular complexity index is 529. The van der Waals surface area contributed by atoms with Crippen LogP contribution in [0.15, 0.2) is 0 Å². The molecule has 0 spiro atoms. The third kappa shape index (κ3) is 2.25. The van der Waals surface area contributed by atoms with E-state index < -0.39 is 0 Å². The van der Waals surface area contributed by atoms with E-state index in [2.05, 4.69) is 27.1 Å². The molecule has 0 aromatic carbocycles. The second kappa shape index (κ2) is 5.38. The van der Waals surface area contributed by atoms with Gasteiger partial charge in [0, 0.05) is 24.3 Å². The van der Waals surface area contributed by atoms with Crippen LogP contribution >= 0.6 is 0 Å². The van der Waals surface area contributed by atoms with E-state index in [1.807, 2.05) is 6.92 Å². The molecule has 1 N–H and O–H groups in total. The maximum absolute atomic E-state index is 12.1. The van der Waals surface area contributed by atoms with Crippen molar-refractivity contribution in [3.05, 3.63) is 17.1 Å². The Hall–Kier alpha value is -1.65. The number of amides is 1. The molecular formula is C15H22N4O. The van der Waals surface area contributed by atoms with Gasteiger partial charge in [-0.05, 0) is 39.0 Å². The lowest BCUT2D eigenvalue weighted by atomic mass is 9.95. The Morgan fingerprint density at radius 3 is 2.90 bits per heavy atom. The lowest BCUT2D eigenvalue weighted by Crippen LogP contribution is -2.55. The molecule has 1 amide bonds. The normalized spacial score (nSPS) is 22.4. The summed E-state index contributed by atoms with van der Waals surface area (Å²) in [7, 11) is 0. The van der Waals surface area contributed by atoms with E-state index in [0.29, 0.717) is 6.54 Å². The van der Waals surface area contributed by atoms with Gasteiger partial charge in [0.2, 0.25) is 5.91 Å². The van der Waals surface area contributed by atoms with Crippen LogP contribution in [-0.2, 0) is 17.6 Å². The van der Waals surface area contributed by atoms with Crippen LogP contribution in [0.5, 0.6) is 0 Å². The molecule has 1 fully saturated rings. The predicted molar refractivity (Wildman–Crippen MR) is 77.8 cm³/mol. The van der Waals surface area contributed by atoms with Gasteiger partial charge in [-0.2, -0.15) is 0 Å². The number of aryl methyl sites for hydroxylation is 2. The van der Waals surface area contributed by atoms with E-state index in [9.17, 15) is 4.79 Å². The molecule has 0 saturated carbocycles. The Labute approximate surface area is 119 Å². The fourth-order valence-electron chi connectivity index (χ4n) is 3.31. The highest BCUT2D eigenvalue weighted by molar-refractivity contribution is 5.86. The standard InChI is InChI=1S/C15H22N4O/c1-3-13-15(20)16-8-9-19(13)14-11-6-4-5-7-12(11)17-10(2)18-14/h13H,3-9H2,1-2H3,(H,16,20). The van der Waals surface area contributed by atoms with Crippen LogP contribution in [0.1, 0.15) is 43.3 Å². The molecule has 0 radical (unpaired) electrons. The molecule has 1 aliphatic carbocycles. The summed E-state index contributed by atoms with van der Waals surface area (Å²) in [4.78, 5) is 23.5. The zero-order valence-electron chi connectivity index (χ0n) is 12.3. The summed E-state index contributed by atoms with van der Waals surface area (Å²) in [5, 5.41) is 2.95. The van der Waals surface area contributed by atoms with Crippen LogP contribution in [0.25, 0.3) is 0 Å². The van der Waals surface area contributed by atoms with Crippen molar-refractivity contribution in [1.29, 1.82) is 0 Å². The van der Waals surface area contributed by atoms with E-state index in [-0.39, 0.29) is 11.9 Å². The van der Waals surface area contributed by atoms with Gasteiger partial charge in [-0.15, -0.1) is 0 Å². The lowest BCUT2D eigenvalue weighted by Gasteiger charge is -2.37. The van der Waals surface area contributed by atoms with Gasteiger partial charge in [0.15, 0.2) is 0 Å². The maximum Gasteiger partial charge on any atom is 0.242 e. The first-order chi connectivity index (χ1) is 9.70. The fourth-order valence-corrected chi connectivity index (χ4v) is 3.31. The lowest BCUT2D eigenvalue weighted by molar-refractivity contribution is -0.123. The van der Waals surface area contributed by atoms with Crippen LogP contribution in [0.4, 0.5) is 5.82 Å². The number of hydrogen-bond acceptors (Lipinski definition) is 4. The minimum Gasteiger partial charge on any atom is -0.353 e. The number of hydrogen-bond donors (Lipinski definition) is 1. The summed E-state index contributed by atoms with van der Waals surface area (Å²) in [5.41, 5.74) is 2.47. The molecule has 1 saturated heterocycles. The molecule has 1 atom stereocenters. The van der Waals surface area contributed by atoms with Crippen LogP contribution in [0.3, 0.4) is 0 Å². The van der Waals surface area contributed by atoms with Gasteiger partial charge in [-0.1, -0.05) is 6.92 Å². The quantitative estimate of drug-likeness (QED) is 0.885. The van der Waals surface area contributed by atoms with Crippen molar-refractivity contribution in [2.75, 3.05) is 18.0 Å². The molecule has 2 heterocycles. The summed E-state index contributed by atoms with van der Waals surface area (Å²) < 4.78 is 0. The van der Waals surface area contributed by atoms with Gasteiger partial charge in [0.25, 0.3) is 0 Å². The van der Waals surface area contributed by atoms with E-state index in [1.165, 1.54) is 24.1 Å². The Morgan fingerprint density at radius 2 is 2.10 bits per heavy atom. The summed E-state index contributed by atoms with van der Waals surface area (Å²) in [5.74, 6) is 1.95. The van der Waals surface area contributed by atoms with Gasteiger partial charge in [-0.3, -0.25) is 4.79 Å². The van der Waals surface area contributed by atoms with Crippen LogP contribution in [0.2, 0.25) is 0 Å². The first-order valence-electron chi connectivity index (χ1n) is 7.61. The van der Waals surface area contributed by atoms with E-state index in [0.717, 1.165) is 37.4 Å². The molecule has 1 aliphatic heterocycles. The maximum atomic E-state index is 12.1. The third-order valence-corrected chi connectivity index (χ3v) is 4.26. The molecule has 108 valence electrons. The largest absolute Gasteiger partial charge is 0.353 e. The number of fused-ring (bicyclic) bond motifs is 1. The van der Waals surface area contributed by atoms with Crippen molar-refractivity contribution < 1.29 is 4.79 Å². The van der Waals surface area contributed by atoms with Gasteiger partial charge >= 0.3 is 0 Å². The number of rotatable bonds is 2. The molecule has 0 bridgehead atoms. The molecule has 2 aliphatic rings. The SMILES string of the molecule is CCC1C(=O)NCCN1c1nc(C)nc2c1CCCC2. The number of anilines is 1. The van der Waals surface area contributed by atoms with Crippen LogP contribution in [0, 0.1) is 6.92 Å². The van der Waals surface area contributed by atoms with Gasteiger partial charge in [-0.25, -0.2) is 9.97 Å². The molecule has 3 rings (SSSR count). The number of piperazine rings is 1. The molecule has 1 aromatic rings. The van der Waals surface area contributed by atoms with Gasteiger partial charge in [0.1, 0.15) is 17.7 Å². The second-order valence-corrected chi connectivity index (χ2v) is 5.64. The van der Waals surface area contributed by atoms with E-state index in [4.69, 9.17) is 0 Å². The number of nitrogens with one attached hydrogen (secondary N) is 1. The molecule has 5 heteroatoms. The topological polar surface area (TPSA) is 58.1 Å².